The normalized spacial score (nSPS) is 32.5. The van der Waals surface area contributed by atoms with E-state index >= 15 is 0 Å². The van der Waals surface area contributed by atoms with Gasteiger partial charge in [-0.3, -0.25) is 4.79 Å². The lowest BCUT2D eigenvalue weighted by molar-refractivity contribution is -0.136. The minimum atomic E-state index is 0.325. The molecule has 1 amide bonds. The maximum absolute atomic E-state index is 12.1. The second kappa shape index (κ2) is 4.52. The number of likely N-dealkylation sites (N-methyl/N-ethyl adjacent to an activating group) is 1. The van der Waals surface area contributed by atoms with E-state index in [0.717, 1.165) is 37.8 Å². The lowest BCUT2D eigenvalue weighted by atomic mass is 10.0. The minimum absolute atomic E-state index is 0.325. The molecule has 0 aliphatic heterocycles. The Bertz CT molecular complexity index is 232. The van der Waals surface area contributed by atoms with Crippen molar-refractivity contribution in [3.05, 3.63) is 0 Å². The van der Waals surface area contributed by atoms with Crippen LogP contribution in [0.1, 0.15) is 26.2 Å². The van der Waals surface area contributed by atoms with Gasteiger partial charge in [-0.1, -0.05) is 0 Å². The van der Waals surface area contributed by atoms with Crippen LogP contribution in [0, 0.1) is 17.8 Å². The third-order valence-electron chi connectivity index (χ3n) is 3.85. The van der Waals surface area contributed by atoms with Gasteiger partial charge in [-0.25, -0.2) is 0 Å². The zero-order chi connectivity index (χ0) is 10.8. The van der Waals surface area contributed by atoms with E-state index in [0.29, 0.717) is 18.4 Å². The molecule has 2 aliphatic rings. The average molecular weight is 211 g/mol. The summed E-state index contributed by atoms with van der Waals surface area (Å²) < 4.78 is 5.02. The van der Waals surface area contributed by atoms with Crippen LogP contribution in [0.2, 0.25) is 0 Å². The second-order valence-electron chi connectivity index (χ2n) is 4.83. The molecule has 0 radical (unpaired) electrons. The molecule has 2 rings (SSSR count). The summed E-state index contributed by atoms with van der Waals surface area (Å²) in [4.78, 5) is 14.1. The zero-order valence-electron chi connectivity index (χ0n) is 9.74. The molecule has 3 nitrogen and oxygen atoms in total. The Morgan fingerprint density at radius 1 is 1.33 bits per heavy atom. The highest BCUT2D eigenvalue weighted by molar-refractivity contribution is 5.79. The van der Waals surface area contributed by atoms with Crippen LogP contribution < -0.4 is 0 Å². The number of methoxy groups -OCH3 is 1. The number of rotatable bonds is 5. The van der Waals surface area contributed by atoms with Crippen molar-refractivity contribution >= 4 is 5.91 Å². The van der Waals surface area contributed by atoms with Crippen molar-refractivity contribution < 1.29 is 9.53 Å². The minimum Gasteiger partial charge on any atom is -0.383 e. The van der Waals surface area contributed by atoms with Gasteiger partial charge in [-0.05, 0) is 38.0 Å². The number of fused-ring (bicyclic) bond motifs is 1. The summed E-state index contributed by atoms with van der Waals surface area (Å²) in [6.45, 7) is 4.26. The predicted octanol–water partition coefficient (Wildman–Crippen LogP) is 1.53. The van der Waals surface area contributed by atoms with Crippen LogP contribution >= 0.6 is 0 Å². The van der Waals surface area contributed by atoms with Crippen molar-refractivity contribution in [3.8, 4) is 0 Å². The van der Waals surface area contributed by atoms with Gasteiger partial charge in [0, 0.05) is 26.1 Å². The summed E-state index contributed by atoms with van der Waals surface area (Å²) >= 11 is 0. The fraction of sp³-hybridized carbons (Fsp3) is 0.917. The van der Waals surface area contributed by atoms with Crippen LogP contribution in [0.25, 0.3) is 0 Å². The number of carbonyl (C=O) groups excluding carboxylic acids is 1. The number of hydrogen-bond acceptors (Lipinski definition) is 2. The quantitative estimate of drug-likeness (QED) is 0.690. The smallest absolute Gasteiger partial charge is 0.225 e. The molecule has 86 valence electrons. The van der Waals surface area contributed by atoms with E-state index in [4.69, 9.17) is 4.74 Å². The monoisotopic (exact) mass is 211 g/mol. The molecule has 2 unspecified atom stereocenters. The third-order valence-corrected chi connectivity index (χ3v) is 3.85. The molecular formula is C12H21NO2. The molecular weight excluding hydrogens is 190 g/mol. The van der Waals surface area contributed by atoms with Crippen LogP contribution in [0.4, 0.5) is 0 Å². The van der Waals surface area contributed by atoms with E-state index in [1.165, 1.54) is 6.42 Å². The fourth-order valence-corrected chi connectivity index (χ4v) is 2.80. The van der Waals surface area contributed by atoms with E-state index in [1.807, 2.05) is 11.8 Å². The molecule has 0 bridgehead atoms. The van der Waals surface area contributed by atoms with Crippen LogP contribution in [0.15, 0.2) is 0 Å². The van der Waals surface area contributed by atoms with Gasteiger partial charge in [0.1, 0.15) is 0 Å². The molecule has 0 N–H and O–H groups in total. The van der Waals surface area contributed by atoms with Gasteiger partial charge in [-0.2, -0.15) is 0 Å². The average Bonchev–Trinajstić information content (AvgIpc) is 2.86. The van der Waals surface area contributed by atoms with E-state index < -0.39 is 0 Å². The van der Waals surface area contributed by atoms with Crippen LogP contribution in [-0.4, -0.2) is 37.6 Å². The lowest BCUT2D eigenvalue weighted by Crippen LogP contribution is -2.37. The Kier molecular flexibility index (Phi) is 3.29. The standard InChI is InChI=1S/C12H21NO2/c1-3-13(4-5-15-2)12(14)11-7-9-6-10(9)8-11/h9-11H,3-8H2,1-2H3. The first-order chi connectivity index (χ1) is 7.26. The summed E-state index contributed by atoms with van der Waals surface area (Å²) in [5.74, 6) is 2.47. The molecule has 2 saturated carbocycles. The second-order valence-corrected chi connectivity index (χ2v) is 4.83. The Morgan fingerprint density at radius 2 is 2.00 bits per heavy atom. The molecule has 0 saturated heterocycles. The summed E-state index contributed by atoms with van der Waals surface area (Å²) in [6, 6.07) is 0. The van der Waals surface area contributed by atoms with Gasteiger partial charge in [0.25, 0.3) is 0 Å². The maximum Gasteiger partial charge on any atom is 0.225 e. The maximum atomic E-state index is 12.1. The largest absolute Gasteiger partial charge is 0.383 e. The molecule has 0 aromatic carbocycles. The highest BCUT2D eigenvalue weighted by Crippen LogP contribution is 2.54. The van der Waals surface area contributed by atoms with E-state index in [1.54, 1.807) is 7.11 Å². The van der Waals surface area contributed by atoms with Crippen LogP contribution in [-0.2, 0) is 9.53 Å². The van der Waals surface area contributed by atoms with Crippen molar-refractivity contribution in [2.75, 3.05) is 26.8 Å². The van der Waals surface area contributed by atoms with E-state index in [-0.39, 0.29) is 0 Å². The molecule has 15 heavy (non-hydrogen) atoms. The molecule has 0 aromatic rings. The number of nitrogens with zero attached hydrogens (tertiary/aromatic N) is 1. The number of carbonyl (C=O) groups is 1. The summed E-state index contributed by atoms with van der Waals surface area (Å²) in [7, 11) is 1.68. The van der Waals surface area contributed by atoms with Crippen LogP contribution in [0.3, 0.4) is 0 Å². The Labute approximate surface area is 91.8 Å². The third kappa shape index (κ3) is 2.33. The van der Waals surface area contributed by atoms with Gasteiger partial charge >= 0.3 is 0 Å². The first kappa shape index (κ1) is 10.9. The first-order valence-corrected chi connectivity index (χ1v) is 6.04. The van der Waals surface area contributed by atoms with Crippen molar-refractivity contribution in [1.82, 2.24) is 4.90 Å². The summed E-state index contributed by atoms with van der Waals surface area (Å²) in [5.41, 5.74) is 0. The van der Waals surface area contributed by atoms with E-state index in [9.17, 15) is 4.79 Å². The van der Waals surface area contributed by atoms with Crippen molar-refractivity contribution in [2.24, 2.45) is 17.8 Å². The molecule has 2 atom stereocenters. The Hall–Kier alpha value is -0.570. The summed E-state index contributed by atoms with van der Waals surface area (Å²) in [6.07, 6.45) is 3.67. The molecule has 0 heterocycles. The SMILES string of the molecule is CCN(CCOC)C(=O)C1CC2CC2C1. The molecule has 3 heteroatoms. The van der Waals surface area contributed by atoms with Crippen LogP contribution in [0.5, 0.6) is 0 Å². The fourth-order valence-electron chi connectivity index (χ4n) is 2.80. The molecule has 2 aliphatic carbocycles. The number of ether oxygens (including phenoxy) is 1. The zero-order valence-corrected chi connectivity index (χ0v) is 9.74. The number of amides is 1. The van der Waals surface area contributed by atoms with Gasteiger partial charge in [0.2, 0.25) is 5.91 Å². The molecule has 0 spiro atoms. The number of hydrogen-bond donors (Lipinski definition) is 0. The Morgan fingerprint density at radius 3 is 2.53 bits per heavy atom. The highest BCUT2D eigenvalue weighted by atomic mass is 16.5. The van der Waals surface area contributed by atoms with E-state index in [2.05, 4.69) is 0 Å². The van der Waals surface area contributed by atoms with Crippen molar-refractivity contribution in [1.29, 1.82) is 0 Å². The lowest BCUT2D eigenvalue weighted by Gasteiger charge is -2.24. The van der Waals surface area contributed by atoms with Crippen molar-refractivity contribution in [3.63, 3.8) is 0 Å². The Balaban J connectivity index is 1.81. The predicted molar refractivity (Wildman–Crippen MR) is 58.5 cm³/mol. The van der Waals surface area contributed by atoms with Gasteiger partial charge in [-0.15, -0.1) is 0 Å². The van der Waals surface area contributed by atoms with Gasteiger partial charge in [0.05, 0.1) is 6.61 Å². The molecule has 2 fully saturated rings. The van der Waals surface area contributed by atoms with Gasteiger partial charge in [0.15, 0.2) is 0 Å². The summed E-state index contributed by atoms with van der Waals surface area (Å²) in [5, 5.41) is 0. The topological polar surface area (TPSA) is 29.5 Å². The van der Waals surface area contributed by atoms with Crippen molar-refractivity contribution in [2.45, 2.75) is 26.2 Å². The first-order valence-electron chi connectivity index (χ1n) is 6.04. The molecule has 0 aromatic heterocycles. The highest BCUT2D eigenvalue weighted by Gasteiger charge is 2.48. The van der Waals surface area contributed by atoms with Gasteiger partial charge < -0.3 is 9.64 Å².